The van der Waals surface area contributed by atoms with Gasteiger partial charge >= 0.3 is 0 Å². The SMILES string of the molecule is C=C(C)N[C@@H](C)C(=O)N(C)[C@@H](CC)C(=O)NCc1ccc(-c2scnc2C)cc1NC(=O)CN1CCN(CC2CCN(c3cc4nccc(Oc5ccc(NC(=O)C6(C(=O)Nc7ccc(F)cc7)CC6)cc5)c4cc3OC)CC2)CC1. The summed E-state index contributed by atoms with van der Waals surface area (Å²) in [6.07, 6.45) is 5.02. The number of piperazine rings is 1. The van der Waals surface area contributed by atoms with Crippen molar-refractivity contribution in [3.05, 3.63) is 126 Å². The Bertz CT molecular complexity index is 3260. The van der Waals surface area contributed by atoms with Crippen LogP contribution < -0.4 is 41.0 Å². The van der Waals surface area contributed by atoms with Gasteiger partial charge in [0, 0.05) is 93.7 Å². The quantitative estimate of drug-likeness (QED) is 0.0404. The number of thiazole rings is 1. The van der Waals surface area contributed by atoms with Crippen LogP contribution in [0.3, 0.4) is 0 Å². The second-order valence-electron chi connectivity index (χ2n) is 21.4. The number of nitrogens with one attached hydrogen (secondary N) is 5. The molecule has 0 radical (unpaired) electrons. The molecule has 426 valence electrons. The number of anilines is 4. The van der Waals surface area contributed by atoms with E-state index in [2.05, 4.69) is 58.9 Å². The standard InChI is InChI=1S/C61H72FN11O7S/c1-8-51(70(6)58(76)40(5)66-38(2)3)57(75)64-34-43-10-9-42(56-39(4)65-37-81-56)31-49(43)69-55(74)36-72-29-27-71(28-30-72)35-41-20-25-73(26-21-41)52-33-50-48(32-54(52)79-7)53(19-24-63-50)80-47-17-15-46(16-18-47)68-60(78)61(22-23-61)59(77)67-45-13-11-44(62)12-14-45/h9-19,24,31-33,37,40-41,51,66H,2,8,20-23,25-30,34-36H2,1,3-7H3,(H,64,75)(H,67,77)(H,68,78)(H,69,74)/t40-,51-/m0/s1. The van der Waals surface area contributed by atoms with Gasteiger partial charge in [-0.1, -0.05) is 25.6 Å². The van der Waals surface area contributed by atoms with Gasteiger partial charge < -0.3 is 50.8 Å². The Morgan fingerprint density at radius 3 is 2.14 bits per heavy atom. The summed E-state index contributed by atoms with van der Waals surface area (Å²) in [5.41, 5.74) is 7.17. The fraction of sp³-hybridized carbons (Fsp3) is 0.393. The van der Waals surface area contributed by atoms with E-state index in [1.165, 1.54) is 40.5 Å². The summed E-state index contributed by atoms with van der Waals surface area (Å²) in [6.45, 7) is 17.6. The first-order valence-corrected chi connectivity index (χ1v) is 28.5. The van der Waals surface area contributed by atoms with Crippen LogP contribution in [0.25, 0.3) is 21.3 Å². The molecule has 4 heterocycles. The number of rotatable bonds is 22. The highest BCUT2D eigenvalue weighted by Crippen LogP contribution is 2.48. The maximum atomic E-state index is 13.8. The number of ether oxygens (including phenoxy) is 2. The summed E-state index contributed by atoms with van der Waals surface area (Å²) in [4.78, 5) is 85.6. The monoisotopic (exact) mass is 1120 g/mol. The number of nitrogens with zero attached hydrogens (tertiary/aromatic N) is 6. The minimum atomic E-state index is -1.18. The predicted octanol–water partition coefficient (Wildman–Crippen LogP) is 8.80. The van der Waals surface area contributed by atoms with Gasteiger partial charge in [-0.15, -0.1) is 11.3 Å². The predicted molar refractivity (Wildman–Crippen MR) is 315 cm³/mol. The lowest BCUT2D eigenvalue weighted by Crippen LogP contribution is -2.52. The van der Waals surface area contributed by atoms with E-state index in [9.17, 15) is 28.4 Å². The Morgan fingerprint density at radius 1 is 0.852 bits per heavy atom. The number of carbonyl (C=O) groups excluding carboxylic acids is 5. The van der Waals surface area contributed by atoms with Crippen molar-refractivity contribution in [2.45, 2.75) is 78.4 Å². The maximum absolute atomic E-state index is 13.8. The largest absolute Gasteiger partial charge is 0.495 e. The first-order valence-electron chi connectivity index (χ1n) is 27.6. The highest BCUT2D eigenvalue weighted by molar-refractivity contribution is 7.13. The van der Waals surface area contributed by atoms with Gasteiger partial charge in [-0.3, -0.25) is 33.9 Å². The molecule has 9 rings (SSSR count). The van der Waals surface area contributed by atoms with Crippen molar-refractivity contribution in [1.82, 2.24) is 35.3 Å². The van der Waals surface area contributed by atoms with Gasteiger partial charge in [-0.2, -0.15) is 0 Å². The van der Waals surface area contributed by atoms with Crippen LogP contribution in [0.4, 0.5) is 27.1 Å². The fourth-order valence-electron chi connectivity index (χ4n) is 10.7. The number of hydrogen-bond acceptors (Lipinski definition) is 14. The summed E-state index contributed by atoms with van der Waals surface area (Å²) in [5.74, 6) is 0.529. The van der Waals surface area contributed by atoms with E-state index < -0.39 is 35.1 Å². The first kappa shape index (κ1) is 57.7. The molecule has 6 aromatic rings. The number of methoxy groups -OCH3 is 1. The minimum absolute atomic E-state index is 0.131. The average molecular weight is 1120 g/mol. The first-order chi connectivity index (χ1) is 39.0. The van der Waals surface area contributed by atoms with Crippen LogP contribution in [0.1, 0.15) is 64.1 Å². The van der Waals surface area contributed by atoms with Crippen molar-refractivity contribution in [2.75, 3.05) is 87.4 Å². The molecule has 2 aliphatic heterocycles. The number of likely N-dealkylation sites (N-methyl/N-ethyl adjacent to an activating group) is 1. The molecule has 0 spiro atoms. The Morgan fingerprint density at radius 2 is 1.52 bits per heavy atom. The third kappa shape index (κ3) is 14.0. The van der Waals surface area contributed by atoms with Crippen LogP contribution in [0, 0.1) is 24.1 Å². The topological polar surface area (TPSA) is 203 Å². The van der Waals surface area contributed by atoms with Crippen LogP contribution >= 0.6 is 11.3 Å². The van der Waals surface area contributed by atoms with Crippen LogP contribution in [0.15, 0.2) is 109 Å². The molecule has 5 N–H and O–H groups in total. The molecular weight excluding hydrogens is 1050 g/mol. The van der Waals surface area contributed by atoms with E-state index in [1.54, 1.807) is 70.0 Å². The van der Waals surface area contributed by atoms with Gasteiger partial charge in [0.1, 0.15) is 40.6 Å². The number of aromatic nitrogens is 2. The van der Waals surface area contributed by atoms with Crippen LogP contribution in [-0.4, -0.2) is 133 Å². The number of amides is 5. The van der Waals surface area contributed by atoms with Crippen LogP contribution in [-0.2, 0) is 30.5 Å². The van der Waals surface area contributed by atoms with Gasteiger partial charge in [-0.25, -0.2) is 9.37 Å². The van der Waals surface area contributed by atoms with Gasteiger partial charge in [0.05, 0.1) is 40.9 Å². The van der Waals surface area contributed by atoms with E-state index in [4.69, 9.17) is 14.5 Å². The number of piperidine rings is 1. The second-order valence-corrected chi connectivity index (χ2v) is 22.3. The molecule has 4 aromatic carbocycles. The van der Waals surface area contributed by atoms with E-state index >= 15 is 0 Å². The molecule has 0 unspecified atom stereocenters. The molecule has 2 saturated heterocycles. The van der Waals surface area contributed by atoms with Gasteiger partial charge in [0.15, 0.2) is 0 Å². The van der Waals surface area contributed by atoms with Gasteiger partial charge in [-0.05, 0) is 143 Å². The van der Waals surface area contributed by atoms with Gasteiger partial charge in [0.25, 0.3) is 0 Å². The molecule has 20 heteroatoms. The molecule has 18 nitrogen and oxygen atoms in total. The average Bonchev–Trinajstić information content (AvgIpc) is 4.40. The van der Waals surface area contributed by atoms with Crippen LogP contribution in [0.2, 0.25) is 0 Å². The molecule has 0 bridgehead atoms. The number of fused-ring (bicyclic) bond motifs is 1. The van der Waals surface area contributed by atoms with Crippen molar-refractivity contribution in [2.24, 2.45) is 11.3 Å². The van der Waals surface area contributed by atoms with E-state index in [1.807, 2.05) is 38.1 Å². The molecule has 81 heavy (non-hydrogen) atoms. The Balaban J connectivity index is 0.746. The third-order valence-corrected chi connectivity index (χ3v) is 16.5. The fourth-order valence-corrected chi connectivity index (χ4v) is 11.5. The Kier molecular flexibility index (Phi) is 18.3. The minimum Gasteiger partial charge on any atom is -0.495 e. The lowest BCUT2D eigenvalue weighted by atomic mass is 9.95. The van der Waals surface area contributed by atoms with Gasteiger partial charge in [0.2, 0.25) is 29.5 Å². The van der Waals surface area contributed by atoms with Crippen molar-refractivity contribution in [3.8, 4) is 27.7 Å². The third-order valence-electron chi connectivity index (χ3n) is 15.5. The van der Waals surface area contributed by atoms with Crippen molar-refractivity contribution in [3.63, 3.8) is 0 Å². The number of allylic oxidation sites excluding steroid dienone is 1. The Labute approximate surface area is 476 Å². The molecule has 2 aromatic heterocycles. The molecule has 1 aliphatic carbocycles. The Hall–Kier alpha value is -7.94. The number of pyridine rings is 1. The zero-order valence-electron chi connectivity index (χ0n) is 46.9. The summed E-state index contributed by atoms with van der Waals surface area (Å²) in [7, 11) is 3.31. The smallest absolute Gasteiger partial charge is 0.245 e. The lowest BCUT2D eigenvalue weighted by Gasteiger charge is -2.39. The van der Waals surface area contributed by atoms with Crippen molar-refractivity contribution >= 4 is 74.5 Å². The second kappa shape index (κ2) is 25.7. The number of aryl methyl sites for hydroxylation is 1. The number of halogens is 1. The molecule has 3 aliphatic rings. The zero-order chi connectivity index (χ0) is 57.4. The normalized spacial score (nSPS) is 16.2. The number of hydrogen-bond donors (Lipinski definition) is 5. The molecule has 2 atom stereocenters. The summed E-state index contributed by atoms with van der Waals surface area (Å²) in [6, 6.07) is 22.9. The highest BCUT2D eigenvalue weighted by atomic mass is 32.1. The number of carbonyl (C=O) groups is 5. The molecule has 5 amide bonds. The number of benzene rings is 4. The highest BCUT2D eigenvalue weighted by Gasteiger charge is 2.56. The molecule has 3 fully saturated rings. The van der Waals surface area contributed by atoms with Crippen LogP contribution in [0.5, 0.6) is 17.2 Å². The van der Waals surface area contributed by atoms with Crippen molar-refractivity contribution < 1.29 is 37.8 Å². The maximum Gasteiger partial charge on any atom is 0.245 e. The summed E-state index contributed by atoms with van der Waals surface area (Å²) < 4.78 is 25.7. The summed E-state index contributed by atoms with van der Waals surface area (Å²) in [5, 5.41) is 15.6. The molecule has 1 saturated carbocycles. The zero-order valence-corrected chi connectivity index (χ0v) is 47.7. The lowest BCUT2D eigenvalue weighted by molar-refractivity contribution is -0.140. The van der Waals surface area contributed by atoms with E-state index in [-0.39, 0.29) is 30.8 Å². The van der Waals surface area contributed by atoms with E-state index in [0.29, 0.717) is 59.4 Å². The molecular formula is C61H72FN11O7S. The van der Waals surface area contributed by atoms with Crippen molar-refractivity contribution in [1.29, 1.82) is 0 Å². The summed E-state index contributed by atoms with van der Waals surface area (Å²) >= 11 is 1.53. The van der Waals surface area contributed by atoms with E-state index in [0.717, 1.165) is 103 Å².